The number of benzene rings is 2. The van der Waals surface area contributed by atoms with Crippen molar-refractivity contribution in [3.05, 3.63) is 75.3 Å². The first kappa shape index (κ1) is 23.3. The number of aliphatic hydroxyl groups excluding tert-OH is 2. The molecule has 0 amide bonds. The second kappa shape index (κ2) is 9.41. The maximum Gasteiger partial charge on any atom is 0.435 e. The van der Waals surface area contributed by atoms with Gasteiger partial charge in [0, 0.05) is 17.8 Å². The van der Waals surface area contributed by atoms with Gasteiger partial charge in [0.15, 0.2) is 12.0 Å². The molecule has 0 bridgehead atoms. The highest BCUT2D eigenvalue weighted by Gasteiger charge is 2.35. The summed E-state index contributed by atoms with van der Waals surface area (Å²) < 4.78 is 54.3. The molecule has 3 rings (SSSR count). The van der Waals surface area contributed by atoms with Crippen molar-refractivity contribution >= 4 is 28.9 Å². The van der Waals surface area contributed by atoms with Crippen LogP contribution in [0.4, 0.5) is 23.2 Å². The molecule has 1 heterocycles. The van der Waals surface area contributed by atoms with Crippen LogP contribution in [0, 0.1) is 5.82 Å². The van der Waals surface area contributed by atoms with Gasteiger partial charge in [0.05, 0.1) is 28.0 Å². The molecule has 2 aromatic carbocycles. The topological polar surface area (TPSA) is 82.3 Å². The minimum absolute atomic E-state index is 0.0142. The molecule has 0 spiro atoms. The normalized spacial score (nSPS) is 12.8. The molecule has 0 aliphatic carbocycles. The fraction of sp³-hybridized carbons (Fsp3) is 0.211. The van der Waals surface area contributed by atoms with Crippen LogP contribution in [0.2, 0.25) is 10.0 Å². The minimum Gasteiger partial charge on any atom is -0.392 e. The second-order valence-electron chi connectivity index (χ2n) is 6.40. The van der Waals surface area contributed by atoms with E-state index in [1.807, 2.05) is 0 Å². The van der Waals surface area contributed by atoms with Crippen molar-refractivity contribution in [2.75, 3.05) is 5.32 Å². The smallest absolute Gasteiger partial charge is 0.392 e. The molecule has 0 saturated heterocycles. The molecule has 3 aromatic rings. The average Bonchev–Trinajstić information content (AvgIpc) is 3.13. The number of nitrogens with zero attached hydrogens (tertiary/aromatic N) is 2. The molecule has 0 radical (unpaired) electrons. The average molecular weight is 479 g/mol. The first-order valence-electron chi connectivity index (χ1n) is 8.78. The van der Waals surface area contributed by atoms with Gasteiger partial charge in [-0.15, -0.1) is 0 Å². The van der Waals surface area contributed by atoms with E-state index >= 15 is 0 Å². The predicted octanol–water partition coefficient (Wildman–Crippen LogP) is 4.31. The summed E-state index contributed by atoms with van der Waals surface area (Å²) in [5.41, 5.74) is -0.707. The fourth-order valence-electron chi connectivity index (χ4n) is 2.72. The highest BCUT2D eigenvalue weighted by Crippen LogP contribution is 2.33. The van der Waals surface area contributed by atoms with Gasteiger partial charge in [-0.2, -0.15) is 18.3 Å². The number of hydrogen-bond donors (Lipinski definition) is 4. The molecule has 1 aromatic heterocycles. The zero-order valence-electron chi connectivity index (χ0n) is 15.6. The maximum absolute atomic E-state index is 13.7. The Hall–Kier alpha value is -2.37. The number of anilines is 1. The Kier molecular flexibility index (Phi) is 7.07. The first-order valence-corrected chi connectivity index (χ1v) is 9.53. The molecular formula is C19H16Cl2F4N4O2. The van der Waals surface area contributed by atoms with E-state index in [1.165, 1.54) is 30.3 Å². The van der Waals surface area contributed by atoms with Crippen LogP contribution in [-0.2, 0) is 19.3 Å². The molecule has 0 aliphatic heterocycles. The van der Waals surface area contributed by atoms with E-state index in [0.29, 0.717) is 0 Å². The third-order valence-electron chi connectivity index (χ3n) is 4.24. The molecule has 31 heavy (non-hydrogen) atoms. The second-order valence-corrected chi connectivity index (χ2v) is 7.18. The van der Waals surface area contributed by atoms with E-state index in [1.54, 1.807) is 0 Å². The number of hydrogen-bond acceptors (Lipinski definition) is 5. The van der Waals surface area contributed by atoms with Crippen LogP contribution in [0.1, 0.15) is 17.0 Å². The quantitative estimate of drug-likeness (QED) is 0.300. The van der Waals surface area contributed by atoms with E-state index < -0.39 is 30.6 Å². The monoisotopic (exact) mass is 478 g/mol. The fourth-order valence-corrected chi connectivity index (χ4v) is 3.10. The van der Waals surface area contributed by atoms with Crippen molar-refractivity contribution in [3.63, 3.8) is 0 Å². The lowest BCUT2D eigenvalue weighted by Gasteiger charge is -2.17. The van der Waals surface area contributed by atoms with E-state index in [4.69, 9.17) is 28.3 Å². The van der Waals surface area contributed by atoms with Crippen LogP contribution in [0.25, 0.3) is 5.69 Å². The lowest BCUT2D eigenvalue weighted by molar-refractivity contribution is -0.141. The highest BCUT2D eigenvalue weighted by molar-refractivity contribution is 6.43. The summed E-state index contributed by atoms with van der Waals surface area (Å²) in [7, 11) is 0. The number of halogens is 6. The van der Waals surface area contributed by atoms with E-state index in [-0.39, 0.29) is 39.2 Å². The summed E-state index contributed by atoms with van der Waals surface area (Å²) in [5.74, 6) is -0.678. The third-order valence-corrected chi connectivity index (χ3v) is 5.05. The minimum atomic E-state index is -4.70. The number of aromatic nitrogens is 2. The van der Waals surface area contributed by atoms with Crippen LogP contribution in [-0.4, -0.2) is 26.3 Å². The van der Waals surface area contributed by atoms with E-state index in [2.05, 4.69) is 15.7 Å². The number of nitrogens with one attached hydrogen (secondary N) is 2. The van der Waals surface area contributed by atoms with Crippen molar-refractivity contribution in [3.8, 4) is 5.69 Å². The van der Waals surface area contributed by atoms with Gasteiger partial charge >= 0.3 is 6.18 Å². The molecule has 1 atom stereocenters. The van der Waals surface area contributed by atoms with Crippen molar-refractivity contribution in [2.24, 2.45) is 0 Å². The van der Waals surface area contributed by atoms with Crippen molar-refractivity contribution in [1.82, 2.24) is 15.1 Å². The Bertz CT molecular complexity index is 1080. The molecule has 0 fully saturated rings. The summed E-state index contributed by atoms with van der Waals surface area (Å²) in [4.78, 5) is 0. The molecule has 12 heteroatoms. The Labute approximate surface area is 184 Å². The van der Waals surface area contributed by atoms with Crippen LogP contribution in [0.15, 0.2) is 42.5 Å². The lowest BCUT2D eigenvalue weighted by Crippen LogP contribution is -2.36. The lowest BCUT2D eigenvalue weighted by atomic mass is 10.2. The summed E-state index contributed by atoms with van der Waals surface area (Å²) in [6.45, 7) is -0.734. The van der Waals surface area contributed by atoms with Crippen molar-refractivity contribution < 1.29 is 27.8 Å². The predicted molar refractivity (Wildman–Crippen MR) is 107 cm³/mol. The van der Waals surface area contributed by atoms with Crippen molar-refractivity contribution in [2.45, 2.75) is 25.7 Å². The molecule has 0 aliphatic rings. The van der Waals surface area contributed by atoms with Gasteiger partial charge in [-0.1, -0.05) is 35.3 Å². The standard InChI is InChI=1S/C19H16Cl2F4N4O2/c20-13-2-1-3-15(17(13)21)29-12(7-16(28-29)19(23,24)25)8-26-18(31)27-11-5-4-10(9-30)14(22)6-11/h1-7,18,26-27,30-31H,8-9H2. The van der Waals surface area contributed by atoms with Gasteiger partial charge in [-0.3, -0.25) is 5.32 Å². The molecular weight excluding hydrogens is 463 g/mol. The van der Waals surface area contributed by atoms with Gasteiger partial charge in [0.1, 0.15) is 5.82 Å². The summed E-state index contributed by atoms with van der Waals surface area (Å²) in [6.07, 6.45) is -6.14. The Balaban J connectivity index is 1.81. The SMILES string of the molecule is OCc1ccc(NC(O)NCc2cc(C(F)(F)F)nn2-c2cccc(Cl)c2Cl)cc1F. The third kappa shape index (κ3) is 5.46. The van der Waals surface area contributed by atoms with Gasteiger partial charge in [0.2, 0.25) is 0 Å². The van der Waals surface area contributed by atoms with E-state index in [0.717, 1.165) is 16.8 Å². The number of aliphatic hydroxyl groups is 2. The summed E-state index contributed by atoms with van der Waals surface area (Å²) in [6, 6.07) is 9.07. The van der Waals surface area contributed by atoms with Crippen LogP contribution < -0.4 is 10.6 Å². The van der Waals surface area contributed by atoms with E-state index in [9.17, 15) is 22.7 Å². The number of rotatable bonds is 7. The molecule has 4 N–H and O–H groups in total. The molecule has 1 unspecified atom stereocenters. The van der Waals surface area contributed by atoms with Crippen LogP contribution in [0.3, 0.4) is 0 Å². The molecule has 166 valence electrons. The van der Waals surface area contributed by atoms with Crippen LogP contribution >= 0.6 is 23.2 Å². The summed E-state index contributed by atoms with van der Waals surface area (Å²) >= 11 is 12.1. The Morgan fingerprint density at radius 2 is 1.87 bits per heavy atom. The maximum atomic E-state index is 13.7. The highest BCUT2D eigenvalue weighted by atomic mass is 35.5. The largest absolute Gasteiger partial charge is 0.435 e. The van der Waals surface area contributed by atoms with Gasteiger partial charge in [-0.05, 0) is 30.3 Å². The van der Waals surface area contributed by atoms with Crippen molar-refractivity contribution in [1.29, 1.82) is 0 Å². The Morgan fingerprint density at radius 1 is 1.13 bits per heavy atom. The molecule has 6 nitrogen and oxygen atoms in total. The zero-order chi connectivity index (χ0) is 22.8. The van der Waals surface area contributed by atoms with Gasteiger partial charge < -0.3 is 15.5 Å². The Morgan fingerprint density at radius 3 is 2.52 bits per heavy atom. The molecule has 0 saturated carbocycles. The first-order chi connectivity index (χ1) is 14.6. The van der Waals surface area contributed by atoms with Gasteiger partial charge in [-0.25, -0.2) is 9.07 Å². The van der Waals surface area contributed by atoms with Gasteiger partial charge in [0.25, 0.3) is 0 Å². The van der Waals surface area contributed by atoms with Crippen LogP contribution in [0.5, 0.6) is 0 Å². The summed E-state index contributed by atoms with van der Waals surface area (Å²) in [5, 5.41) is 28.0. The zero-order valence-corrected chi connectivity index (χ0v) is 17.1. The number of alkyl halides is 3.